The van der Waals surface area contributed by atoms with E-state index in [0.717, 1.165) is 37.8 Å². The van der Waals surface area contributed by atoms with Crippen molar-refractivity contribution in [3.63, 3.8) is 0 Å². The van der Waals surface area contributed by atoms with E-state index in [4.69, 9.17) is 0 Å². The van der Waals surface area contributed by atoms with Crippen molar-refractivity contribution in [1.82, 2.24) is 29.5 Å². The number of guanidine groups is 1. The summed E-state index contributed by atoms with van der Waals surface area (Å²) in [6, 6.07) is 4.17. The second-order valence-electron chi connectivity index (χ2n) is 5.23. The Bertz CT molecular complexity index is 611. The number of nitrogens with zero attached hydrogens (tertiary/aromatic N) is 6. The zero-order chi connectivity index (χ0) is 15.9. The molecule has 7 nitrogen and oxygen atoms in total. The number of rotatable bonds is 6. The zero-order valence-corrected chi connectivity index (χ0v) is 13.8. The summed E-state index contributed by atoms with van der Waals surface area (Å²) in [6.45, 7) is 4.51. The van der Waals surface area contributed by atoms with Crippen molar-refractivity contribution in [3.05, 3.63) is 36.2 Å². The molecular weight excluding hydrogens is 278 g/mol. The molecule has 1 N–H and O–H groups in total. The van der Waals surface area contributed by atoms with Crippen LogP contribution in [0, 0.1) is 0 Å². The molecule has 0 radical (unpaired) electrons. The Hall–Kier alpha value is -2.31. The van der Waals surface area contributed by atoms with Gasteiger partial charge in [0.1, 0.15) is 12.2 Å². The van der Waals surface area contributed by atoms with Gasteiger partial charge in [-0.15, -0.1) is 10.2 Å². The fourth-order valence-electron chi connectivity index (χ4n) is 2.39. The summed E-state index contributed by atoms with van der Waals surface area (Å²) in [6.07, 6.45) is 4.72. The van der Waals surface area contributed by atoms with Gasteiger partial charge in [0.2, 0.25) is 0 Å². The lowest BCUT2D eigenvalue weighted by Crippen LogP contribution is -2.40. The average Bonchev–Trinajstić information content (AvgIpc) is 3.13. The maximum Gasteiger partial charge on any atom is 0.193 e. The van der Waals surface area contributed by atoms with Gasteiger partial charge in [0.05, 0.1) is 6.54 Å². The summed E-state index contributed by atoms with van der Waals surface area (Å²) >= 11 is 0. The van der Waals surface area contributed by atoms with Gasteiger partial charge in [-0.3, -0.25) is 4.99 Å². The van der Waals surface area contributed by atoms with Crippen LogP contribution in [0.3, 0.4) is 0 Å². The van der Waals surface area contributed by atoms with Gasteiger partial charge in [0.15, 0.2) is 5.96 Å². The van der Waals surface area contributed by atoms with Crippen LogP contribution >= 0.6 is 0 Å². The number of aryl methyl sites for hydroxylation is 2. The molecule has 0 aliphatic heterocycles. The first-order chi connectivity index (χ1) is 10.7. The van der Waals surface area contributed by atoms with E-state index in [2.05, 4.69) is 66.8 Å². The number of hydrogen-bond acceptors (Lipinski definition) is 3. The van der Waals surface area contributed by atoms with Crippen molar-refractivity contribution in [3.8, 4) is 0 Å². The third-order valence-electron chi connectivity index (χ3n) is 3.67. The zero-order valence-electron chi connectivity index (χ0n) is 13.8. The maximum atomic E-state index is 4.34. The lowest BCUT2D eigenvalue weighted by Gasteiger charge is -2.22. The highest BCUT2D eigenvalue weighted by molar-refractivity contribution is 5.79. The van der Waals surface area contributed by atoms with Crippen LogP contribution in [-0.4, -0.2) is 50.8 Å². The molecule has 0 unspecified atom stereocenters. The average molecular weight is 303 g/mol. The molecule has 0 aromatic carbocycles. The van der Waals surface area contributed by atoms with Crippen molar-refractivity contribution in [1.29, 1.82) is 0 Å². The third kappa shape index (κ3) is 3.87. The SMILES string of the molecule is CCc1nncn1CCNC(=NC)N(C)Cc1cccn1C. The van der Waals surface area contributed by atoms with Crippen LogP contribution in [0.15, 0.2) is 29.6 Å². The predicted octanol–water partition coefficient (Wildman–Crippen LogP) is 0.886. The molecule has 0 amide bonds. The number of nitrogens with one attached hydrogen (secondary N) is 1. The highest BCUT2D eigenvalue weighted by Gasteiger charge is 2.08. The van der Waals surface area contributed by atoms with Gasteiger partial charge >= 0.3 is 0 Å². The monoisotopic (exact) mass is 303 g/mol. The maximum absolute atomic E-state index is 4.34. The van der Waals surface area contributed by atoms with Gasteiger partial charge in [-0.1, -0.05) is 6.92 Å². The van der Waals surface area contributed by atoms with Crippen molar-refractivity contribution in [2.45, 2.75) is 26.4 Å². The molecule has 2 heterocycles. The molecular formula is C15H25N7. The van der Waals surface area contributed by atoms with E-state index in [1.54, 1.807) is 13.4 Å². The highest BCUT2D eigenvalue weighted by atomic mass is 15.3. The van der Waals surface area contributed by atoms with Crippen LogP contribution in [0.1, 0.15) is 18.4 Å². The number of hydrogen-bond donors (Lipinski definition) is 1. The van der Waals surface area contributed by atoms with Crippen molar-refractivity contribution < 1.29 is 0 Å². The van der Waals surface area contributed by atoms with E-state index in [1.165, 1.54) is 5.69 Å². The van der Waals surface area contributed by atoms with E-state index >= 15 is 0 Å². The van der Waals surface area contributed by atoms with Crippen molar-refractivity contribution in [2.75, 3.05) is 20.6 Å². The molecule has 0 atom stereocenters. The van der Waals surface area contributed by atoms with E-state index in [0.29, 0.717) is 0 Å². The van der Waals surface area contributed by atoms with Gasteiger partial charge in [0, 0.05) is 52.5 Å². The highest BCUT2D eigenvalue weighted by Crippen LogP contribution is 2.03. The molecule has 2 aromatic heterocycles. The summed E-state index contributed by atoms with van der Waals surface area (Å²) in [4.78, 5) is 6.45. The van der Waals surface area contributed by atoms with Gasteiger partial charge in [-0.2, -0.15) is 0 Å². The number of aromatic nitrogens is 4. The lowest BCUT2D eigenvalue weighted by molar-refractivity contribution is 0.458. The number of aliphatic imine (C=N–C) groups is 1. The summed E-state index contributed by atoms with van der Waals surface area (Å²) in [5.41, 5.74) is 1.25. The molecule has 22 heavy (non-hydrogen) atoms. The molecule has 7 heteroatoms. The molecule has 120 valence electrons. The molecule has 0 bridgehead atoms. The van der Waals surface area contributed by atoms with Crippen molar-refractivity contribution in [2.24, 2.45) is 12.0 Å². The standard InChI is InChI=1S/C15H25N7/c1-5-14-19-18-12-22(14)10-8-17-15(16-2)21(4)11-13-7-6-9-20(13)3/h6-7,9,12H,5,8,10-11H2,1-4H3,(H,16,17). The summed E-state index contributed by atoms with van der Waals surface area (Å²) in [5, 5.41) is 11.4. The van der Waals surface area contributed by atoms with E-state index < -0.39 is 0 Å². The second kappa shape index (κ2) is 7.63. The fraction of sp³-hybridized carbons (Fsp3) is 0.533. The van der Waals surface area contributed by atoms with Crippen LogP contribution in [0.25, 0.3) is 0 Å². The van der Waals surface area contributed by atoms with Gasteiger partial charge in [-0.25, -0.2) is 0 Å². The Morgan fingerprint density at radius 2 is 2.27 bits per heavy atom. The van der Waals surface area contributed by atoms with Gasteiger partial charge in [0.25, 0.3) is 0 Å². The normalized spacial score (nSPS) is 11.7. The smallest absolute Gasteiger partial charge is 0.193 e. The summed E-state index contributed by atoms with van der Waals surface area (Å²) < 4.78 is 4.19. The third-order valence-corrected chi connectivity index (χ3v) is 3.67. The topological polar surface area (TPSA) is 63.3 Å². The first kappa shape index (κ1) is 16.1. The molecule has 0 spiro atoms. The molecule has 0 saturated heterocycles. The quantitative estimate of drug-likeness (QED) is 0.636. The van der Waals surface area contributed by atoms with Crippen LogP contribution in [0.5, 0.6) is 0 Å². The minimum absolute atomic E-state index is 0.787. The largest absolute Gasteiger partial charge is 0.354 e. The Labute approximate surface area is 131 Å². The van der Waals surface area contributed by atoms with E-state index in [9.17, 15) is 0 Å². The predicted molar refractivity (Wildman–Crippen MR) is 87.6 cm³/mol. The molecule has 2 aromatic rings. The molecule has 2 rings (SSSR count). The van der Waals surface area contributed by atoms with E-state index in [1.807, 2.05) is 7.05 Å². The molecule has 0 saturated carbocycles. The molecule has 0 aliphatic rings. The lowest BCUT2D eigenvalue weighted by atomic mass is 10.4. The minimum atomic E-state index is 0.787. The Morgan fingerprint density at radius 3 is 2.91 bits per heavy atom. The Kier molecular flexibility index (Phi) is 5.57. The van der Waals surface area contributed by atoms with Crippen LogP contribution < -0.4 is 5.32 Å². The summed E-state index contributed by atoms with van der Waals surface area (Å²) in [5.74, 6) is 1.89. The molecule has 0 aliphatic carbocycles. The van der Waals surface area contributed by atoms with Crippen LogP contribution in [0.2, 0.25) is 0 Å². The van der Waals surface area contributed by atoms with Gasteiger partial charge < -0.3 is 19.4 Å². The first-order valence-electron chi connectivity index (χ1n) is 7.54. The molecule has 0 fully saturated rings. The Balaban J connectivity index is 1.86. The van der Waals surface area contributed by atoms with Crippen LogP contribution in [0.4, 0.5) is 0 Å². The minimum Gasteiger partial charge on any atom is -0.354 e. The first-order valence-corrected chi connectivity index (χ1v) is 7.54. The van der Waals surface area contributed by atoms with Crippen molar-refractivity contribution >= 4 is 5.96 Å². The fourth-order valence-corrected chi connectivity index (χ4v) is 2.39. The van der Waals surface area contributed by atoms with Crippen LogP contribution in [-0.2, 0) is 26.6 Å². The van der Waals surface area contributed by atoms with E-state index in [-0.39, 0.29) is 0 Å². The van der Waals surface area contributed by atoms with Gasteiger partial charge in [-0.05, 0) is 12.1 Å². The summed E-state index contributed by atoms with van der Waals surface area (Å²) in [7, 11) is 5.90. The second-order valence-corrected chi connectivity index (χ2v) is 5.23. The Morgan fingerprint density at radius 1 is 1.45 bits per heavy atom.